The van der Waals surface area contributed by atoms with Crippen LogP contribution in [0.2, 0.25) is 0 Å². The topological polar surface area (TPSA) is 60.7 Å². The van der Waals surface area contributed by atoms with E-state index >= 15 is 0 Å². The molecule has 2 aromatic rings. The van der Waals surface area contributed by atoms with Gasteiger partial charge in [-0.15, -0.1) is 0 Å². The van der Waals surface area contributed by atoms with E-state index < -0.39 is 0 Å². The zero-order valence-corrected chi connectivity index (χ0v) is 15.8. The quantitative estimate of drug-likeness (QED) is 0.704. The van der Waals surface area contributed by atoms with Gasteiger partial charge in [0.1, 0.15) is 0 Å². The number of esters is 1. The number of aryl methyl sites for hydroxylation is 1. The van der Waals surface area contributed by atoms with Crippen molar-refractivity contribution in [2.45, 2.75) is 33.2 Å². The molecule has 0 unspecified atom stereocenters. The molecule has 0 saturated heterocycles. The van der Waals surface area contributed by atoms with E-state index in [0.717, 1.165) is 28.9 Å². The van der Waals surface area contributed by atoms with Crippen LogP contribution in [0.5, 0.6) is 0 Å². The number of nitrogens with zero attached hydrogens (tertiary/aromatic N) is 2. The van der Waals surface area contributed by atoms with Gasteiger partial charge in [-0.2, -0.15) is 16.8 Å². The van der Waals surface area contributed by atoms with E-state index in [9.17, 15) is 9.59 Å². The van der Waals surface area contributed by atoms with Crippen LogP contribution in [-0.4, -0.2) is 35.1 Å². The summed E-state index contributed by atoms with van der Waals surface area (Å²) >= 11 is 3.18. The minimum atomic E-state index is -0.330. The maximum absolute atomic E-state index is 11.9. The Morgan fingerprint density at radius 3 is 2.79 bits per heavy atom. The van der Waals surface area contributed by atoms with Gasteiger partial charge in [0.25, 0.3) is 0 Å². The molecule has 0 saturated carbocycles. The number of carbonyl (C=O) groups is 2. The van der Waals surface area contributed by atoms with Gasteiger partial charge in [0, 0.05) is 18.7 Å². The predicted molar refractivity (Wildman–Crippen MR) is 99.6 cm³/mol. The van der Waals surface area contributed by atoms with Gasteiger partial charge in [0.05, 0.1) is 22.4 Å². The number of aromatic nitrogens is 1. The summed E-state index contributed by atoms with van der Waals surface area (Å²) in [5.74, 6) is 0.497. The molecule has 0 fully saturated rings. The van der Waals surface area contributed by atoms with Crippen molar-refractivity contribution >= 4 is 45.2 Å². The summed E-state index contributed by atoms with van der Waals surface area (Å²) in [6, 6.07) is 5.49. The van der Waals surface area contributed by atoms with E-state index in [-0.39, 0.29) is 11.9 Å². The van der Waals surface area contributed by atoms with Crippen LogP contribution in [-0.2, 0) is 16.1 Å². The van der Waals surface area contributed by atoms with Gasteiger partial charge in [-0.25, -0.2) is 4.79 Å². The van der Waals surface area contributed by atoms with Crippen molar-refractivity contribution in [2.24, 2.45) is 4.99 Å². The molecule has 1 aromatic heterocycles. The Kier molecular flexibility index (Phi) is 7.05. The molecule has 0 aliphatic heterocycles. The number of ether oxygens (including phenoxy) is 1. The maximum atomic E-state index is 11.9. The fraction of sp³-hybridized carbons (Fsp3) is 0.471. The average molecular weight is 367 g/mol. The van der Waals surface area contributed by atoms with Crippen molar-refractivity contribution in [3.8, 4) is 0 Å². The number of amides is 1. The number of hydrogen-bond donors (Lipinski definition) is 0. The van der Waals surface area contributed by atoms with E-state index in [1.54, 1.807) is 24.8 Å². The minimum Gasteiger partial charge on any atom is -0.462 e. The third kappa shape index (κ3) is 4.48. The van der Waals surface area contributed by atoms with Crippen LogP contribution in [0.1, 0.15) is 37.0 Å². The summed E-state index contributed by atoms with van der Waals surface area (Å²) in [4.78, 5) is 28.8. The summed E-state index contributed by atoms with van der Waals surface area (Å²) in [7, 11) is 0. The molecule has 0 atom stereocenters. The largest absolute Gasteiger partial charge is 0.462 e. The summed E-state index contributed by atoms with van der Waals surface area (Å²) in [6.07, 6.45) is 3.28. The fourth-order valence-corrected chi connectivity index (χ4v) is 3.75. The summed E-state index contributed by atoms with van der Waals surface area (Å²) < 4.78 is 8.04. The Morgan fingerprint density at radius 2 is 2.12 bits per heavy atom. The zero-order valence-electron chi connectivity index (χ0n) is 14.2. The Labute approximate surface area is 149 Å². The molecule has 1 amide bonds. The first-order valence-electron chi connectivity index (χ1n) is 7.97. The molecule has 2 rings (SSSR count). The summed E-state index contributed by atoms with van der Waals surface area (Å²) in [5.41, 5.74) is 1.51. The molecule has 1 heterocycles. The third-order valence-electron chi connectivity index (χ3n) is 3.40. The van der Waals surface area contributed by atoms with Crippen LogP contribution >= 0.6 is 23.1 Å². The standard InChI is InChI=1S/C17H22N2O3S2/c1-4-6-15(20)18-17-19(9-10-23-3)13-8-7-12(11-14(13)24-17)16(21)22-5-2/h7-8,11H,4-6,9-10H2,1-3H3. The Bertz CT molecular complexity index is 793. The molecule has 1 aromatic carbocycles. The number of thioether (sulfide) groups is 1. The highest BCUT2D eigenvalue weighted by atomic mass is 32.2. The fourth-order valence-electron chi connectivity index (χ4n) is 2.28. The molecule has 24 heavy (non-hydrogen) atoms. The molecule has 0 radical (unpaired) electrons. The molecule has 0 N–H and O–H groups in total. The van der Waals surface area contributed by atoms with Crippen LogP contribution in [0.15, 0.2) is 23.2 Å². The summed E-state index contributed by atoms with van der Waals surface area (Å²) in [5, 5.41) is 0. The van der Waals surface area contributed by atoms with Crippen LogP contribution in [0.4, 0.5) is 0 Å². The second-order valence-corrected chi connectivity index (χ2v) is 7.18. The van der Waals surface area contributed by atoms with E-state index in [1.807, 2.05) is 25.3 Å². The van der Waals surface area contributed by atoms with Crippen molar-refractivity contribution in [2.75, 3.05) is 18.6 Å². The Balaban J connectivity index is 2.51. The molecule has 5 nitrogen and oxygen atoms in total. The second kappa shape index (κ2) is 9.03. The molecular formula is C17H22N2O3S2. The van der Waals surface area contributed by atoms with Gasteiger partial charge in [0.15, 0.2) is 4.80 Å². The van der Waals surface area contributed by atoms with Crippen LogP contribution in [0.25, 0.3) is 10.2 Å². The molecule has 0 aliphatic rings. The van der Waals surface area contributed by atoms with Gasteiger partial charge < -0.3 is 9.30 Å². The highest BCUT2D eigenvalue weighted by Crippen LogP contribution is 2.20. The number of benzene rings is 1. The lowest BCUT2D eigenvalue weighted by atomic mass is 10.2. The smallest absolute Gasteiger partial charge is 0.338 e. The average Bonchev–Trinajstić information content (AvgIpc) is 2.89. The predicted octanol–water partition coefficient (Wildman–Crippen LogP) is 3.47. The van der Waals surface area contributed by atoms with E-state index in [0.29, 0.717) is 23.4 Å². The number of rotatable bonds is 7. The molecule has 0 aliphatic carbocycles. The van der Waals surface area contributed by atoms with Crippen molar-refractivity contribution in [1.82, 2.24) is 4.57 Å². The monoisotopic (exact) mass is 366 g/mol. The number of carbonyl (C=O) groups excluding carboxylic acids is 2. The Morgan fingerprint density at radius 1 is 1.33 bits per heavy atom. The van der Waals surface area contributed by atoms with E-state index in [1.165, 1.54) is 11.3 Å². The van der Waals surface area contributed by atoms with Gasteiger partial charge in [-0.1, -0.05) is 18.3 Å². The number of fused-ring (bicyclic) bond motifs is 1. The van der Waals surface area contributed by atoms with Crippen LogP contribution in [0, 0.1) is 0 Å². The first kappa shape index (κ1) is 18.7. The lowest BCUT2D eigenvalue weighted by molar-refractivity contribution is -0.118. The lowest BCUT2D eigenvalue weighted by Gasteiger charge is -2.05. The van der Waals surface area contributed by atoms with Crippen LogP contribution in [0.3, 0.4) is 0 Å². The lowest BCUT2D eigenvalue weighted by Crippen LogP contribution is -2.18. The third-order valence-corrected chi connectivity index (χ3v) is 5.03. The minimum absolute atomic E-state index is 0.104. The maximum Gasteiger partial charge on any atom is 0.338 e. The van der Waals surface area contributed by atoms with Gasteiger partial charge >= 0.3 is 5.97 Å². The van der Waals surface area contributed by atoms with Crippen molar-refractivity contribution in [3.63, 3.8) is 0 Å². The molecule has 130 valence electrons. The second-order valence-electron chi connectivity index (χ2n) is 5.19. The van der Waals surface area contributed by atoms with Gasteiger partial charge in [-0.05, 0) is 37.8 Å². The SMILES string of the molecule is CCCC(=O)N=c1sc2cc(C(=O)OCC)ccc2n1CCSC. The first-order valence-corrected chi connectivity index (χ1v) is 10.2. The molecule has 0 bridgehead atoms. The van der Waals surface area contributed by atoms with E-state index in [4.69, 9.17) is 4.74 Å². The highest BCUT2D eigenvalue weighted by Gasteiger charge is 2.12. The van der Waals surface area contributed by atoms with Crippen LogP contribution < -0.4 is 4.80 Å². The normalized spacial score (nSPS) is 11.9. The van der Waals surface area contributed by atoms with Crippen molar-refractivity contribution in [3.05, 3.63) is 28.6 Å². The Hall–Kier alpha value is -1.60. The first-order chi connectivity index (χ1) is 11.6. The number of hydrogen-bond acceptors (Lipinski definition) is 5. The van der Waals surface area contributed by atoms with Crippen molar-refractivity contribution in [1.29, 1.82) is 0 Å². The van der Waals surface area contributed by atoms with E-state index in [2.05, 4.69) is 9.56 Å². The molecule has 0 spiro atoms. The highest BCUT2D eigenvalue weighted by molar-refractivity contribution is 7.98. The number of thiazole rings is 1. The van der Waals surface area contributed by atoms with Gasteiger partial charge in [0.2, 0.25) is 5.91 Å². The molecule has 7 heteroatoms. The molecular weight excluding hydrogens is 344 g/mol. The summed E-state index contributed by atoms with van der Waals surface area (Å²) in [6.45, 7) is 4.87. The zero-order chi connectivity index (χ0) is 17.5. The van der Waals surface area contributed by atoms with Crippen molar-refractivity contribution < 1.29 is 14.3 Å². The van der Waals surface area contributed by atoms with Gasteiger partial charge in [-0.3, -0.25) is 4.79 Å².